The fourth-order valence-electron chi connectivity index (χ4n) is 7.25. The number of fused-ring (bicyclic) bond motifs is 3. The van der Waals surface area contributed by atoms with Gasteiger partial charge in [-0.25, -0.2) is 0 Å². The molecule has 0 saturated carbocycles. The van der Waals surface area contributed by atoms with E-state index in [1.807, 2.05) is 41.3 Å². The number of anilines is 1. The molecule has 0 N–H and O–H groups in total. The van der Waals surface area contributed by atoms with Gasteiger partial charge in [0.25, 0.3) is 5.91 Å². The Balaban J connectivity index is 1.50. The van der Waals surface area contributed by atoms with E-state index in [1.54, 1.807) is 0 Å². The Hall–Kier alpha value is -4.46. The second-order valence-electron chi connectivity index (χ2n) is 14.0. The van der Waals surface area contributed by atoms with Crippen LogP contribution in [0.1, 0.15) is 109 Å². The van der Waals surface area contributed by atoms with Gasteiger partial charge in [-0.3, -0.25) is 4.79 Å². The van der Waals surface area contributed by atoms with Crippen LogP contribution in [0.5, 0.6) is 0 Å². The summed E-state index contributed by atoms with van der Waals surface area (Å²) in [7, 11) is 0. The summed E-state index contributed by atoms with van der Waals surface area (Å²) in [5.41, 5.74) is 5.77. The molecule has 2 aliphatic rings. The highest BCUT2D eigenvalue weighted by Gasteiger charge is 2.59. The van der Waals surface area contributed by atoms with Crippen LogP contribution in [0, 0.1) is 0 Å². The Kier molecular flexibility index (Phi) is 8.96. The number of amides is 1. The van der Waals surface area contributed by atoms with Crippen molar-refractivity contribution in [1.82, 2.24) is 4.90 Å². The minimum Gasteiger partial charge on any atom is -0.344 e. The Morgan fingerprint density at radius 3 is 2.02 bits per heavy atom. The maximum Gasteiger partial charge on any atom is 0.416 e. The van der Waals surface area contributed by atoms with Crippen molar-refractivity contribution >= 4 is 17.3 Å². The van der Waals surface area contributed by atoms with Crippen LogP contribution < -0.4 is 4.90 Å². The zero-order valence-electron chi connectivity index (χ0n) is 28.4. The van der Waals surface area contributed by atoms with Crippen LogP contribution in [0.4, 0.5) is 24.5 Å². The van der Waals surface area contributed by atoms with E-state index in [1.165, 1.54) is 17.7 Å². The van der Waals surface area contributed by atoms with Gasteiger partial charge in [0.2, 0.25) is 0 Å². The van der Waals surface area contributed by atoms with E-state index in [2.05, 4.69) is 81.9 Å². The van der Waals surface area contributed by atoms with Crippen molar-refractivity contribution in [2.75, 3.05) is 11.4 Å². The third-order valence-electron chi connectivity index (χ3n) is 9.77. The second kappa shape index (κ2) is 12.9. The van der Waals surface area contributed by atoms with Crippen LogP contribution in [0.15, 0.2) is 101 Å². The molecule has 6 rings (SSSR count). The summed E-state index contributed by atoms with van der Waals surface area (Å²) in [5, 5.41) is 9.57. The van der Waals surface area contributed by atoms with E-state index in [-0.39, 0.29) is 17.7 Å². The van der Waals surface area contributed by atoms with E-state index in [0.717, 1.165) is 45.6 Å². The van der Waals surface area contributed by atoms with Gasteiger partial charge < -0.3 is 9.80 Å². The van der Waals surface area contributed by atoms with Gasteiger partial charge in [-0.05, 0) is 70.3 Å². The summed E-state index contributed by atoms with van der Waals surface area (Å²) in [6.07, 6.45) is -4.41. The van der Waals surface area contributed by atoms with Gasteiger partial charge >= 0.3 is 6.18 Å². The second-order valence-corrected chi connectivity index (χ2v) is 14.0. The number of carbonyl (C=O) groups excluding carboxylic acids is 1. The molecule has 250 valence electrons. The van der Waals surface area contributed by atoms with Crippen molar-refractivity contribution in [3.05, 3.63) is 130 Å². The molecule has 8 heteroatoms. The lowest BCUT2D eigenvalue weighted by Crippen LogP contribution is -2.51. The first-order valence-corrected chi connectivity index (χ1v) is 16.8. The third kappa shape index (κ3) is 6.01. The minimum absolute atomic E-state index is 0.0276. The third-order valence-corrected chi connectivity index (χ3v) is 9.77. The molecule has 1 amide bonds. The number of para-hydroxylation sites is 1. The first-order valence-electron chi connectivity index (χ1n) is 16.8. The first kappa shape index (κ1) is 33.4. The Labute approximate surface area is 281 Å². The quantitative estimate of drug-likeness (QED) is 0.178. The average molecular weight is 653 g/mol. The SMILES string of the molecule is CC(C)c1cc(C(C)C)c(C(=O)N2CC[C@]3(N=Nc4ccc(C(F)(F)F)cc4)c4ccccc4N(Cc4ccccc4)[C@H]23)c(C(C)C)c1. The van der Waals surface area contributed by atoms with Crippen LogP contribution in [0.2, 0.25) is 0 Å². The largest absolute Gasteiger partial charge is 0.416 e. The summed E-state index contributed by atoms with van der Waals surface area (Å²) in [6, 6.07) is 27.4. The summed E-state index contributed by atoms with van der Waals surface area (Å²) in [4.78, 5) is 19.4. The Morgan fingerprint density at radius 1 is 0.833 bits per heavy atom. The number of halogens is 3. The molecule has 0 spiro atoms. The number of azo groups is 1. The maximum absolute atomic E-state index is 15.1. The first-order chi connectivity index (χ1) is 22.8. The van der Waals surface area contributed by atoms with Gasteiger partial charge in [0.05, 0.1) is 11.3 Å². The van der Waals surface area contributed by atoms with E-state index < -0.39 is 23.4 Å². The minimum atomic E-state index is -4.44. The number of alkyl halides is 3. The molecular formula is C40H43F3N4O. The number of rotatable bonds is 8. The molecule has 0 bridgehead atoms. The summed E-state index contributed by atoms with van der Waals surface area (Å²) in [5.74, 6) is 0.557. The predicted octanol–water partition coefficient (Wildman–Crippen LogP) is 10.9. The van der Waals surface area contributed by atoms with Crippen molar-refractivity contribution in [2.45, 2.75) is 90.1 Å². The highest BCUT2D eigenvalue weighted by atomic mass is 19.4. The van der Waals surface area contributed by atoms with Crippen molar-refractivity contribution in [1.29, 1.82) is 0 Å². The number of nitrogens with zero attached hydrogens (tertiary/aromatic N) is 4. The van der Waals surface area contributed by atoms with Crippen molar-refractivity contribution in [3.8, 4) is 0 Å². The lowest BCUT2D eigenvalue weighted by atomic mass is 9.84. The van der Waals surface area contributed by atoms with Gasteiger partial charge in [-0.15, -0.1) is 0 Å². The Bertz CT molecular complexity index is 1790. The molecule has 2 atom stereocenters. The fraction of sp³-hybridized carbons (Fsp3) is 0.375. The molecule has 0 radical (unpaired) electrons. The summed E-state index contributed by atoms with van der Waals surface area (Å²) >= 11 is 0. The smallest absolute Gasteiger partial charge is 0.344 e. The monoisotopic (exact) mass is 652 g/mol. The molecule has 4 aromatic rings. The fourth-order valence-corrected chi connectivity index (χ4v) is 7.25. The summed E-state index contributed by atoms with van der Waals surface area (Å²) in [6.45, 7) is 13.9. The molecular weight excluding hydrogens is 609 g/mol. The van der Waals surface area contributed by atoms with Crippen molar-refractivity contribution in [3.63, 3.8) is 0 Å². The molecule has 1 fully saturated rings. The van der Waals surface area contributed by atoms with Crippen LogP contribution >= 0.6 is 0 Å². The molecule has 48 heavy (non-hydrogen) atoms. The lowest BCUT2D eigenvalue weighted by molar-refractivity contribution is -0.137. The van der Waals surface area contributed by atoms with Gasteiger partial charge in [0, 0.05) is 36.3 Å². The molecule has 2 heterocycles. The highest BCUT2D eigenvalue weighted by Crippen LogP contribution is 2.54. The van der Waals surface area contributed by atoms with Gasteiger partial charge in [0.15, 0.2) is 0 Å². The maximum atomic E-state index is 15.1. The number of hydrogen-bond donors (Lipinski definition) is 0. The van der Waals surface area contributed by atoms with Crippen LogP contribution in [-0.4, -0.2) is 23.5 Å². The number of carbonyl (C=O) groups is 1. The molecule has 5 nitrogen and oxygen atoms in total. The van der Waals surface area contributed by atoms with Gasteiger partial charge in [0.1, 0.15) is 11.7 Å². The number of likely N-dealkylation sites (tertiary alicyclic amines) is 1. The molecule has 0 unspecified atom stereocenters. The zero-order valence-corrected chi connectivity index (χ0v) is 28.4. The Morgan fingerprint density at radius 2 is 1.44 bits per heavy atom. The van der Waals surface area contributed by atoms with E-state index in [0.29, 0.717) is 31.1 Å². The highest BCUT2D eigenvalue weighted by molar-refractivity contribution is 5.99. The normalized spacial score (nSPS) is 19.2. The predicted molar refractivity (Wildman–Crippen MR) is 185 cm³/mol. The van der Waals surface area contributed by atoms with E-state index in [4.69, 9.17) is 5.11 Å². The molecule has 1 saturated heterocycles. The van der Waals surface area contributed by atoms with Gasteiger partial charge in [-0.1, -0.05) is 102 Å². The standard InChI is InChI=1S/C40H43F3N4O/c1-25(2)29-22-32(26(3)4)36(33(23-29)27(5)6)37(48)46-21-20-39(45-44-31-18-16-30(17-19-31)40(41,42)43)34-14-10-11-15-35(34)47(38(39)46)24-28-12-8-7-9-13-28/h7-19,22-23,25-27,38H,20-21,24H2,1-6H3/t38-,39-/m0/s1. The van der Waals surface area contributed by atoms with Crippen molar-refractivity contribution in [2.24, 2.45) is 10.2 Å². The average Bonchev–Trinajstić information content (AvgIpc) is 3.57. The zero-order chi connectivity index (χ0) is 34.4. The lowest BCUT2D eigenvalue weighted by Gasteiger charge is -2.37. The van der Waals surface area contributed by atoms with E-state index in [9.17, 15) is 13.2 Å². The topological polar surface area (TPSA) is 48.3 Å². The van der Waals surface area contributed by atoms with Crippen LogP contribution in [0.3, 0.4) is 0 Å². The molecule has 0 aromatic heterocycles. The molecule has 2 aliphatic heterocycles. The van der Waals surface area contributed by atoms with Gasteiger partial charge in [-0.2, -0.15) is 23.4 Å². The molecule has 4 aromatic carbocycles. The van der Waals surface area contributed by atoms with Crippen molar-refractivity contribution < 1.29 is 18.0 Å². The number of benzene rings is 4. The van der Waals surface area contributed by atoms with Crippen LogP contribution in [-0.2, 0) is 18.3 Å². The number of hydrogen-bond acceptors (Lipinski definition) is 4. The van der Waals surface area contributed by atoms with Crippen LogP contribution in [0.25, 0.3) is 0 Å². The summed E-state index contributed by atoms with van der Waals surface area (Å²) < 4.78 is 39.9. The molecule has 0 aliphatic carbocycles. The van der Waals surface area contributed by atoms with E-state index >= 15 is 4.79 Å².